The summed E-state index contributed by atoms with van der Waals surface area (Å²) < 4.78 is 11.0. The summed E-state index contributed by atoms with van der Waals surface area (Å²) in [5.74, 6) is 2.01. The Morgan fingerprint density at radius 3 is 2.87 bits per heavy atom. The number of rotatable bonds is 8. The van der Waals surface area contributed by atoms with E-state index < -0.39 is 0 Å². The number of halogens is 1. The molecule has 130 valence electrons. The number of unbranched alkanes of at least 4 members (excludes halogenated alkanes) is 1. The number of aldehydes is 1. The zero-order chi connectivity index (χ0) is 15.8. The number of benzene rings is 1. The Hall–Kier alpha value is -1.26. The highest BCUT2D eigenvalue weighted by Gasteiger charge is 2.15. The van der Waals surface area contributed by atoms with E-state index in [4.69, 9.17) is 9.47 Å². The van der Waals surface area contributed by atoms with Crippen molar-refractivity contribution >= 4 is 18.7 Å². The van der Waals surface area contributed by atoms with Crippen LogP contribution in [0.2, 0.25) is 0 Å². The van der Waals surface area contributed by atoms with Crippen molar-refractivity contribution in [1.82, 2.24) is 4.90 Å². The highest BCUT2D eigenvalue weighted by atomic mass is 35.5. The maximum Gasteiger partial charge on any atom is 0.171 e. The molecule has 0 amide bonds. The number of hydrogen-bond acceptors (Lipinski definition) is 4. The van der Waals surface area contributed by atoms with Gasteiger partial charge in [-0.3, -0.25) is 4.79 Å². The van der Waals surface area contributed by atoms with Crippen molar-refractivity contribution in [2.45, 2.75) is 32.6 Å². The van der Waals surface area contributed by atoms with Crippen molar-refractivity contribution < 1.29 is 14.3 Å². The molecule has 1 saturated heterocycles. The molecule has 0 N–H and O–H groups in total. The molecule has 0 bridgehead atoms. The number of carbonyl (C=O) groups is 1. The lowest BCUT2D eigenvalue weighted by Gasteiger charge is -2.30. The molecule has 0 radical (unpaired) electrons. The average molecular weight is 342 g/mol. The van der Waals surface area contributed by atoms with Crippen LogP contribution >= 0.6 is 12.4 Å². The van der Waals surface area contributed by atoms with Gasteiger partial charge in [0.15, 0.2) is 17.8 Å². The third-order valence-corrected chi connectivity index (χ3v) is 4.21. The molecule has 0 aliphatic carbocycles. The Labute approximate surface area is 145 Å². The van der Waals surface area contributed by atoms with Crippen LogP contribution in [-0.2, 0) is 0 Å². The topological polar surface area (TPSA) is 38.8 Å². The lowest BCUT2D eigenvalue weighted by atomic mass is 10.0. The minimum Gasteiger partial charge on any atom is -0.493 e. The zero-order valence-electron chi connectivity index (χ0n) is 14.1. The molecular weight excluding hydrogens is 314 g/mol. The Morgan fingerprint density at radius 2 is 2.17 bits per heavy atom. The number of likely N-dealkylation sites (tertiary alicyclic amines) is 1. The van der Waals surface area contributed by atoms with Crippen molar-refractivity contribution in [3.05, 3.63) is 23.8 Å². The van der Waals surface area contributed by atoms with Crippen LogP contribution in [0.15, 0.2) is 18.2 Å². The van der Waals surface area contributed by atoms with Gasteiger partial charge >= 0.3 is 0 Å². The van der Waals surface area contributed by atoms with Crippen molar-refractivity contribution in [3.8, 4) is 11.5 Å². The second kappa shape index (κ2) is 10.5. The fourth-order valence-corrected chi connectivity index (χ4v) is 3.04. The zero-order valence-corrected chi connectivity index (χ0v) is 14.9. The van der Waals surface area contributed by atoms with E-state index >= 15 is 0 Å². The summed E-state index contributed by atoms with van der Waals surface area (Å²) >= 11 is 0. The van der Waals surface area contributed by atoms with Crippen molar-refractivity contribution in [2.24, 2.45) is 5.92 Å². The van der Waals surface area contributed by atoms with Crippen LogP contribution in [0.25, 0.3) is 0 Å². The summed E-state index contributed by atoms with van der Waals surface area (Å²) in [6.07, 6.45) is 5.61. The van der Waals surface area contributed by atoms with Gasteiger partial charge in [-0.1, -0.05) is 13.0 Å². The minimum atomic E-state index is 0. The molecule has 4 nitrogen and oxygen atoms in total. The van der Waals surface area contributed by atoms with Gasteiger partial charge in [0.2, 0.25) is 0 Å². The maximum atomic E-state index is 11.1. The van der Waals surface area contributed by atoms with Gasteiger partial charge in [0.05, 0.1) is 19.3 Å². The molecule has 5 heteroatoms. The third kappa shape index (κ3) is 6.04. The summed E-state index contributed by atoms with van der Waals surface area (Å²) in [5.41, 5.74) is 0.546. The average Bonchev–Trinajstić information content (AvgIpc) is 2.54. The van der Waals surface area contributed by atoms with E-state index in [2.05, 4.69) is 11.8 Å². The number of hydrogen-bond donors (Lipinski definition) is 0. The van der Waals surface area contributed by atoms with Gasteiger partial charge < -0.3 is 14.4 Å². The molecule has 1 aromatic rings. The minimum absolute atomic E-state index is 0. The number of para-hydroxylation sites is 1. The molecule has 1 atom stereocenters. The highest BCUT2D eigenvalue weighted by Crippen LogP contribution is 2.30. The molecule has 2 rings (SSSR count). The van der Waals surface area contributed by atoms with Crippen LogP contribution in [0.3, 0.4) is 0 Å². The third-order valence-electron chi connectivity index (χ3n) is 4.21. The smallest absolute Gasteiger partial charge is 0.171 e. The summed E-state index contributed by atoms with van der Waals surface area (Å²) in [7, 11) is 1.59. The Bertz CT molecular complexity index is 481. The molecule has 1 aliphatic heterocycles. The van der Waals surface area contributed by atoms with Crippen molar-refractivity contribution in [3.63, 3.8) is 0 Å². The van der Waals surface area contributed by atoms with Crippen LogP contribution in [-0.4, -0.2) is 44.5 Å². The quantitative estimate of drug-likeness (QED) is 0.532. The van der Waals surface area contributed by atoms with E-state index in [-0.39, 0.29) is 12.4 Å². The molecule has 1 aliphatic rings. The molecule has 0 spiro atoms. The first-order chi connectivity index (χ1) is 10.7. The van der Waals surface area contributed by atoms with Crippen LogP contribution in [0.4, 0.5) is 0 Å². The summed E-state index contributed by atoms with van der Waals surface area (Å²) in [6.45, 7) is 6.54. The summed E-state index contributed by atoms with van der Waals surface area (Å²) in [4.78, 5) is 13.6. The second-order valence-corrected chi connectivity index (χ2v) is 6.10. The second-order valence-electron chi connectivity index (χ2n) is 6.10. The normalized spacial score (nSPS) is 18.1. The van der Waals surface area contributed by atoms with Crippen molar-refractivity contribution in [2.75, 3.05) is 33.4 Å². The number of carbonyl (C=O) groups excluding carboxylic acids is 1. The van der Waals surface area contributed by atoms with Gasteiger partial charge in [-0.15, -0.1) is 12.4 Å². The van der Waals surface area contributed by atoms with Crippen LogP contribution < -0.4 is 9.47 Å². The van der Waals surface area contributed by atoms with Crippen molar-refractivity contribution in [1.29, 1.82) is 0 Å². The van der Waals surface area contributed by atoms with Gasteiger partial charge in [0.1, 0.15) is 0 Å². The molecule has 0 aromatic heterocycles. The van der Waals surface area contributed by atoms with E-state index in [1.54, 1.807) is 19.2 Å². The monoisotopic (exact) mass is 341 g/mol. The van der Waals surface area contributed by atoms with E-state index in [9.17, 15) is 4.79 Å². The standard InChI is InChI=1S/C18H27NO3.ClH/c1-15-7-6-11-19(13-15)10-3-4-12-22-18-16(14-20)8-5-9-17(18)21-2;/h5,8-9,14-15H,3-4,6-7,10-13H2,1-2H3;1H. The van der Waals surface area contributed by atoms with Gasteiger partial charge in [0.25, 0.3) is 0 Å². The Kier molecular flexibility index (Phi) is 9.03. The molecule has 1 unspecified atom stereocenters. The predicted molar refractivity (Wildman–Crippen MR) is 95.2 cm³/mol. The molecule has 0 saturated carbocycles. The Balaban J connectivity index is 0.00000264. The van der Waals surface area contributed by atoms with Gasteiger partial charge in [-0.05, 0) is 56.8 Å². The van der Waals surface area contributed by atoms with Gasteiger partial charge in [-0.2, -0.15) is 0 Å². The predicted octanol–water partition coefficient (Wildman–Crippen LogP) is 3.82. The van der Waals surface area contributed by atoms with E-state index in [0.29, 0.717) is 23.7 Å². The molecule has 1 aromatic carbocycles. The van der Waals surface area contributed by atoms with Crippen LogP contribution in [0.5, 0.6) is 11.5 Å². The summed E-state index contributed by atoms with van der Waals surface area (Å²) in [6, 6.07) is 5.37. The highest BCUT2D eigenvalue weighted by molar-refractivity contribution is 5.85. The molecular formula is C18H28ClNO3. The van der Waals surface area contributed by atoms with Crippen LogP contribution in [0.1, 0.15) is 43.0 Å². The maximum absolute atomic E-state index is 11.1. The first-order valence-electron chi connectivity index (χ1n) is 8.22. The number of nitrogens with zero attached hydrogens (tertiary/aromatic N) is 1. The molecule has 23 heavy (non-hydrogen) atoms. The van der Waals surface area contributed by atoms with E-state index in [0.717, 1.165) is 31.6 Å². The van der Waals surface area contributed by atoms with E-state index in [1.165, 1.54) is 25.9 Å². The first kappa shape index (κ1) is 19.8. The molecule has 1 fully saturated rings. The van der Waals surface area contributed by atoms with E-state index in [1.807, 2.05) is 6.07 Å². The van der Waals surface area contributed by atoms with Gasteiger partial charge in [-0.25, -0.2) is 0 Å². The summed E-state index contributed by atoms with van der Waals surface area (Å²) in [5, 5.41) is 0. The number of piperidine rings is 1. The lowest BCUT2D eigenvalue weighted by Crippen LogP contribution is -2.35. The van der Waals surface area contributed by atoms with Gasteiger partial charge in [0, 0.05) is 6.54 Å². The SMILES string of the molecule is COc1cccc(C=O)c1OCCCCN1CCCC(C)C1.Cl. The largest absolute Gasteiger partial charge is 0.493 e. The number of ether oxygens (including phenoxy) is 2. The molecule has 1 heterocycles. The lowest BCUT2D eigenvalue weighted by molar-refractivity contribution is 0.111. The Morgan fingerprint density at radius 1 is 1.35 bits per heavy atom. The fraction of sp³-hybridized carbons (Fsp3) is 0.611. The number of methoxy groups -OCH3 is 1. The fourth-order valence-electron chi connectivity index (χ4n) is 3.04. The first-order valence-corrected chi connectivity index (χ1v) is 8.22. The van der Waals surface area contributed by atoms with Crippen LogP contribution in [0, 0.1) is 5.92 Å².